The lowest BCUT2D eigenvalue weighted by Crippen LogP contribution is -2.62. The van der Waals surface area contributed by atoms with E-state index in [-0.39, 0.29) is 18.2 Å². The second-order valence-corrected chi connectivity index (χ2v) is 6.76. The number of aliphatic hydroxyl groups is 3. The van der Waals surface area contributed by atoms with E-state index in [9.17, 15) is 24.9 Å². The maximum atomic E-state index is 12.1. The summed E-state index contributed by atoms with van der Waals surface area (Å²) in [6.45, 7) is 3.08. The van der Waals surface area contributed by atoms with Crippen LogP contribution < -0.4 is 10.6 Å². The fourth-order valence-corrected chi connectivity index (χ4v) is 2.58. The van der Waals surface area contributed by atoms with Gasteiger partial charge in [0.05, 0.1) is 6.61 Å². The van der Waals surface area contributed by atoms with Crippen molar-refractivity contribution in [2.45, 2.75) is 44.6 Å². The number of rotatable bonds is 6. The van der Waals surface area contributed by atoms with Gasteiger partial charge in [0.25, 0.3) is 5.90 Å². The van der Waals surface area contributed by atoms with E-state index in [0.29, 0.717) is 5.69 Å². The molecule has 0 saturated carbocycles. The van der Waals surface area contributed by atoms with Gasteiger partial charge in [-0.15, -0.1) is 0 Å². The molecular formula is C18H25N3O7. The Labute approximate surface area is 162 Å². The lowest BCUT2D eigenvalue weighted by atomic mass is 9.97. The van der Waals surface area contributed by atoms with Gasteiger partial charge in [0.15, 0.2) is 6.10 Å². The van der Waals surface area contributed by atoms with Crippen molar-refractivity contribution in [2.75, 3.05) is 11.9 Å². The van der Waals surface area contributed by atoms with E-state index in [0.717, 1.165) is 0 Å². The minimum atomic E-state index is -1.51. The number of hydrogen-bond donors (Lipinski definition) is 5. The molecule has 1 fully saturated rings. The van der Waals surface area contributed by atoms with E-state index in [4.69, 9.17) is 9.57 Å². The first-order valence-corrected chi connectivity index (χ1v) is 8.85. The number of carbonyl (C=O) groups is 2. The highest BCUT2D eigenvalue weighted by molar-refractivity contribution is 5.90. The predicted molar refractivity (Wildman–Crippen MR) is 99.3 cm³/mol. The van der Waals surface area contributed by atoms with Crippen molar-refractivity contribution in [3.63, 3.8) is 0 Å². The zero-order valence-electron chi connectivity index (χ0n) is 15.6. The van der Waals surface area contributed by atoms with Gasteiger partial charge in [-0.3, -0.25) is 14.9 Å². The Bertz CT molecular complexity index is 696. The molecule has 10 heteroatoms. The number of aliphatic hydroxyl groups excluding tert-OH is 3. The largest absolute Gasteiger partial charge is 0.468 e. The van der Waals surface area contributed by atoms with Crippen molar-refractivity contribution in [2.24, 2.45) is 11.1 Å². The average molecular weight is 395 g/mol. The zero-order valence-corrected chi connectivity index (χ0v) is 15.6. The average Bonchev–Trinajstić information content (AvgIpc) is 2.65. The van der Waals surface area contributed by atoms with Gasteiger partial charge in [0.2, 0.25) is 5.91 Å². The Morgan fingerprint density at radius 1 is 1.21 bits per heavy atom. The van der Waals surface area contributed by atoms with Gasteiger partial charge in [-0.2, -0.15) is 0 Å². The Hall–Kier alpha value is -2.69. The van der Waals surface area contributed by atoms with Crippen molar-refractivity contribution in [1.29, 1.82) is 0 Å². The molecule has 0 aromatic heterocycles. The lowest BCUT2D eigenvalue weighted by Gasteiger charge is -2.37. The van der Waals surface area contributed by atoms with Crippen LogP contribution in [0.5, 0.6) is 0 Å². The van der Waals surface area contributed by atoms with Gasteiger partial charge < -0.3 is 25.4 Å². The summed E-state index contributed by atoms with van der Waals surface area (Å²) in [5, 5.41) is 38.1. The quantitative estimate of drug-likeness (QED) is 0.341. The lowest BCUT2D eigenvalue weighted by molar-refractivity contribution is -0.128. The van der Waals surface area contributed by atoms with Crippen molar-refractivity contribution in [3.8, 4) is 0 Å². The minimum Gasteiger partial charge on any atom is -0.468 e. The molecule has 1 heterocycles. The summed E-state index contributed by atoms with van der Waals surface area (Å²) in [4.78, 5) is 28.7. The molecule has 28 heavy (non-hydrogen) atoms. The van der Waals surface area contributed by atoms with E-state index in [1.165, 1.54) is 0 Å². The first-order valence-electron chi connectivity index (χ1n) is 8.85. The van der Waals surface area contributed by atoms with Crippen LogP contribution in [0, 0.1) is 5.92 Å². The summed E-state index contributed by atoms with van der Waals surface area (Å²) in [7, 11) is 0. The first-order chi connectivity index (χ1) is 13.3. The third kappa shape index (κ3) is 5.91. The Morgan fingerprint density at radius 2 is 1.89 bits per heavy atom. The van der Waals surface area contributed by atoms with Gasteiger partial charge in [0.1, 0.15) is 18.2 Å². The molecule has 5 N–H and O–H groups in total. The summed E-state index contributed by atoms with van der Waals surface area (Å²) >= 11 is 0. The molecule has 3 unspecified atom stereocenters. The topological polar surface area (TPSA) is 150 Å². The molecule has 1 aromatic carbocycles. The van der Waals surface area contributed by atoms with Crippen LogP contribution in [0.3, 0.4) is 0 Å². The van der Waals surface area contributed by atoms with Gasteiger partial charge in [-0.25, -0.2) is 4.79 Å². The molecule has 1 aromatic rings. The number of amides is 2. The molecule has 0 spiro atoms. The van der Waals surface area contributed by atoms with Crippen LogP contribution in [0.15, 0.2) is 35.5 Å². The zero-order chi connectivity index (χ0) is 20.7. The number of hydrogen-bond acceptors (Lipinski definition) is 8. The number of anilines is 1. The molecule has 2 amide bonds. The highest BCUT2D eigenvalue weighted by atomic mass is 16.7. The Kier molecular flexibility index (Phi) is 7.73. The molecule has 10 nitrogen and oxygen atoms in total. The normalized spacial score (nSPS) is 25.9. The summed E-state index contributed by atoms with van der Waals surface area (Å²) in [5.74, 6) is -0.680. The van der Waals surface area contributed by atoms with E-state index < -0.39 is 43.0 Å². The van der Waals surface area contributed by atoms with E-state index in [2.05, 4.69) is 15.8 Å². The highest BCUT2D eigenvalue weighted by Crippen LogP contribution is 2.19. The summed E-state index contributed by atoms with van der Waals surface area (Å²) in [6, 6.07) is 7.25. The molecule has 1 saturated heterocycles. The van der Waals surface area contributed by atoms with Crippen LogP contribution in [0.25, 0.3) is 0 Å². The maximum absolute atomic E-state index is 12.1. The van der Waals surface area contributed by atoms with Crippen LogP contribution >= 0.6 is 0 Å². The minimum absolute atomic E-state index is 0.0602. The molecule has 0 bridgehead atoms. The second kappa shape index (κ2) is 10.0. The number of ether oxygens (including phenoxy) is 1. The predicted octanol–water partition coefficient (Wildman–Crippen LogP) is 0.192. The van der Waals surface area contributed by atoms with E-state index >= 15 is 0 Å². The van der Waals surface area contributed by atoms with Gasteiger partial charge >= 0.3 is 6.09 Å². The van der Waals surface area contributed by atoms with Crippen molar-refractivity contribution < 1.29 is 34.5 Å². The molecule has 2 rings (SSSR count). The van der Waals surface area contributed by atoms with Crippen molar-refractivity contribution >= 4 is 23.6 Å². The number of nitrogens with one attached hydrogen (secondary N) is 2. The summed E-state index contributed by atoms with van der Waals surface area (Å²) in [5.41, 5.74) is 0.475. The van der Waals surface area contributed by atoms with Gasteiger partial charge in [0, 0.05) is 12.1 Å². The summed E-state index contributed by atoms with van der Waals surface area (Å²) < 4.78 is 5.31. The fourth-order valence-electron chi connectivity index (χ4n) is 2.58. The number of nitrogens with zero attached hydrogens (tertiary/aromatic N) is 1. The van der Waals surface area contributed by atoms with E-state index in [1.54, 1.807) is 30.3 Å². The number of para-hydroxylation sites is 1. The maximum Gasteiger partial charge on any atom is 0.437 e. The third-order valence-electron chi connectivity index (χ3n) is 3.94. The van der Waals surface area contributed by atoms with Crippen LogP contribution in [0.4, 0.5) is 10.5 Å². The molecule has 4 atom stereocenters. The molecule has 154 valence electrons. The highest BCUT2D eigenvalue weighted by Gasteiger charge is 2.44. The number of benzene rings is 1. The van der Waals surface area contributed by atoms with Gasteiger partial charge in [-0.05, 0) is 23.2 Å². The SMILES string of the molecule is CC(C)CC(=O)NC1/C(=N/OC(=O)Nc2ccccc2)OC(CO)[C@@H](O)C1O. The molecule has 1 aliphatic rings. The Balaban J connectivity index is 2.11. The molecule has 0 aliphatic carbocycles. The Morgan fingerprint density at radius 3 is 2.50 bits per heavy atom. The van der Waals surface area contributed by atoms with Crippen LogP contribution in [-0.4, -0.2) is 64.2 Å². The van der Waals surface area contributed by atoms with Crippen molar-refractivity contribution in [3.05, 3.63) is 30.3 Å². The second-order valence-electron chi connectivity index (χ2n) is 6.76. The van der Waals surface area contributed by atoms with Crippen LogP contribution in [0.1, 0.15) is 20.3 Å². The monoisotopic (exact) mass is 395 g/mol. The molecular weight excluding hydrogens is 370 g/mol. The fraction of sp³-hybridized carbons (Fsp3) is 0.500. The number of oxime groups is 1. The van der Waals surface area contributed by atoms with Gasteiger partial charge in [-0.1, -0.05) is 32.0 Å². The standard InChI is InChI=1S/C18H25N3O7/c1-10(2)8-13(23)20-14-16(25)15(24)12(9-22)27-17(14)21-28-18(26)19-11-6-4-3-5-7-11/h3-7,10,12,14-16,22,24-25H,8-9H2,1-2H3,(H,19,26)(H,20,23)/b21-17-/t12?,14?,15-,16?/m1/s1. The smallest absolute Gasteiger partial charge is 0.437 e. The summed E-state index contributed by atoms with van der Waals surface area (Å²) in [6.07, 6.45) is -4.91. The third-order valence-corrected chi connectivity index (χ3v) is 3.94. The molecule has 1 aliphatic heterocycles. The van der Waals surface area contributed by atoms with Crippen LogP contribution in [-0.2, 0) is 14.4 Å². The van der Waals surface area contributed by atoms with Crippen molar-refractivity contribution in [1.82, 2.24) is 5.32 Å². The van der Waals surface area contributed by atoms with E-state index in [1.807, 2.05) is 13.8 Å². The van der Waals surface area contributed by atoms with Crippen LogP contribution in [0.2, 0.25) is 0 Å². The number of carbonyl (C=O) groups excluding carboxylic acids is 2. The first kappa shape index (κ1) is 21.6. The molecule has 0 radical (unpaired) electrons.